The fraction of sp³-hybridized carbons (Fsp3) is 0.538. The highest BCUT2D eigenvalue weighted by Crippen LogP contribution is 2.32. The quantitative estimate of drug-likeness (QED) is 0.833. The van der Waals surface area contributed by atoms with Crippen molar-refractivity contribution in [2.24, 2.45) is 5.41 Å². The molecule has 1 aromatic rings. The summed E-state index contributed by atoms with van der Waals surface area (Å²) in [5, 5.41) is 13.0. The molecule has 1 aromatic carbocycles. The lowest BCUT2D eigenvalue weighted by atomic mass is 9.75. The van der Waals surface area contributed by atoms with E-state index in [2.05, 4.69) is 52.2 Å². The molecule has 16 heavy (non-hydrogen) atoms. The van der Waals surface area contributed by atoms with E-state index >= 15 is 0 Å². The van der Waals surface area contributed by atoms with Crippen molar-refractivity contribution >= 4 is 22.6 Å². The van der Waals surface area contributed by atoms with Gasteiger partial charge in [0, 0.05) is 10.2 Å². The van der Waals surface area contributed by atoms with E-state index in [1.807, 2.05) is 0 Å². The van der Waals surface area contributed by atoms with Gasteiger partial charge < -0.3 is 10.4 Å². The van der Waals surface area contributed by atoms with Crippen LogP contribution in [-0.4, -0.2) is 24.8 Å². The molecule has 0 radical (unpaired) electrons. The SMILES string of the molecule is OCC1(Cc2ccc(I)cc2)CCNCC1. The first-order chi connectivity index (χ1) is 7.74. The Hall–Kier alpha value is -0.130. The van der Waals surface area contributed by atoms with Gasteiger partial charge in [0.05, 0.1) is 0 Å². The summed E-state index contributed by atoms with van der Waals surface area (Å²) >= 11 is 2.32. The summed E-state index contributed by atoms with van der Waals surface area (Å²) in [4.78, 5) is 0. The van der Waals surface area contributed by atoms with Crippen LogP contribution in [0, 0.1) is 8.99 Å². The average Bonchev–Trinajstić information content (AvgIpc) is 2.33. The Morgan fingerprint density at radius 1 is 1.19 bits per heavy atom. The fourth-order valence-corrected chi connectivity index (χ4v) is 2.74. The lowest BCUT2D eigenvalue weighted by Crippen LogP contribution is -2.40. The Morgan fingerprint density at radius 3 is 2.38 bits per heavy atom. The van der Waals surface area contributed by atoms with Gasteiger partial charge in [0.15, 0.2) is 0 Å². The zero-order valence-electron chi connectivity index (χ0n) is 9.38. The lowest BCUT2D eigenvalue weighted by molar-refractivity contribution is 0.0893. The van der Waals surface area contributed by atoms with Gasteiger partial charge in [0.2, 0.25) is 0 Å². The molecule has 1 aliphatic rings. The molecule has 0 aromatic heterocycles. The molecule has 0 aliphatic carbocycles. The summed E-state index contributed by atoms with van der Waals surface area (Å²) in [6, 6.07) is 8.65. The molecule has 2 rings (SSSR count). The molecule has 1 saturated heterocycles. The van der Waals surface area contributed by atoms with Crippen LogP contribution in [0.4, 0.5) is 0 Å². The Labute approximate surface area is 111 Å². The van der Waals surface area contributed by atoms with Crippen LogP contribution in [0.15, 0.2) is 24.3 Å². The molecule has 1 heterocycles. The Bertz CT molecular complexity index is 330. The van der Waals surface area contributed by atoms with Gasteiger partial charge in [-0.3, -0.25) is 0 Å². The monoisotopic (exact) mass is 331 g/mol. The van der Waals surface area contributed by atoms with Crippen LogP contribution in [-0.2, 0) is 6.42 Å². The van der Waals surface area contributed by atoms with Crippen LogP contribution in [0.5, 0.6) is 0 Å². The molecular formula is C13H18INO. The first kappa shape index (κ1) is 12.3. The zero-order valence-corrected chi connectivity index (χ0v) is 11.5. The van der Waals surface area contributed by atoms with E-state index in [0.29, 0.717) is 6.61 Å². The Morgan fingerprint density at radius 2 is 1.81 bits per heavy atom. The van der Waals surface area contributed by atoms with E-state index in [0.717, 1.165) is 32.4 Å². The van der Waals surface area contributed by atoms with E-state index in [4.69, 9.17) is 0 Å². The first-order valence-corrected chi connectivity index (χ1v) is 6.88. The number of hydrogen-bond donors (Lipinski definition) is 2. The lowest BCUT2D eigenvalue weighted by Gasteiger charge is -2.36. The van der Waals surface area contributed by atoms with E-state index < -0.39 is 0 Å². The molecule has 0 spiro atoms. The van der Waals surface area contributed by atoms with Crippen molar-refractivity contribution in [1.82, 2.24) is 5.32 Å². The molecule has 1 aliphatic heterocycles. The molecule has 0 bridgehead atoms. The highest BCUT2D eigenvalue weighted by Gasteiger charge is 2.31. The second-order valence-electron chi connectivity index (χ2n) is 4.71. The number of hydrogen-bond acceptors (Lipinski definition) is 2. The number of rotatable bonds is 3. The standard InChI is InChI=1S/C13H18INO/c14-12-3-1-11(2-4-12)9-13(10-16)5-7-15-8-6-13/h1-4,15-16H,5-10H2. The van der Waals surface area contributed by atoms with E-state index in [-0.39, 0.29) is 5.41 Å². The van der Waals surface area contributed by atoms with Crippen LogP contribution >= 0.6 is 22.6 Å². The van der Waals surface area contributed by atoms with Crippen molar-refractivity contribution in [2.45, 2.75) is 19.3 Å². The summed E-state index contributed by atoms with van der Waals surface area (Å²) in [5.74, 6) is 0. The minimum Gasteiger partial charge on any atom is -0.396 e. The maximum absolute atomic E-state index is 9.63. The number of aliphatic hydroxyl groups is 1. The molecule has 0 atom stereocenters. The maximum atomic E-state index is 9.63. The molecule has 2 nitrogen and oxygen atoms in total. The van der Waals surface area contributed by atoms with Crippen LogP contribution in [0.2, 0.25) is 0 Å². The number of aliphatic hydroxyl groups excluding tert-OH is 1. The van der Waals surface area contributed by atoms with Crippen LogP contribution in [0.1, 0.15) is 18.4 Å². The first-order valence-electron chi connectivity index (χ1n) is 5.80. The van der Waals surface area contributed by atoms with Gasteiger partial charge in [0.25, 0.3) is 0 Å². The number of benzene rings is 1. The van der Waals surface area contributed by atoms with Crippen molar-refractivity contribution < 1.29 is 5.11 Å². The largest absolute Gasteiger partial charge is 0.396 e. The van der Waals surface area contributed by atoms with Crippen molar-refractivity contribution in [3.63, 3.8) is 0 Å². The Kier molecular flexibility index (Phi) is 4.21. The minimum absolute atomic E-state index is 0.109. The predicted octanol–water partition coefficient (Wildman–Crippen LogP) is 2.20. The third-order valence-corrected chi connectivity index (χ3v) is 4.21. The van der Waals surface area contributed by atoms with E-state index in [9.17, 15) is 5.11 Å². The van der Waals surface area contributed by atoms with Gasteiger partial charge in [-0.25, -0.2) is 0 Å². The Balaban J connectivity index is 2.08. The van der Waals surface area contributed by atoms with Crippen molar-refractivity contribution in [3.05, 3.63) is 33.4 Å². The van der Waals surface area contributed by atoms with Gasteiger partial charge >= 0.3 is 0 Å². The van der Waals surface area contributed by atoms with E-state index in [1.54, 1.807) is 0 Å². The number of halogens is 1. The summed E-state index contributed by atoms with van der Waals surface area (Å²) in [6.07, 6.45) is 3.16. The second kappa shape index (κ2) is 5.47. The molecule has 0 amide bonds. The second-order valence-corrected chi connectivity index (χ2v) is 5.96. The van der Waals surface area contributed by atoms with Crippen molar-refractivity contribution in [2.75, 3.05) is 19.7 Å². The molecule has 1 fully saturated rings. The van der Waals surface area contributed by atoms with Gasteiger partial charge in [-0.15, -0.1) is 0 Å². The van der Waals surface area contributed by atoms with Gasteiger partial charge in [0.1, 0.15) is 0 Å². The topological polar surface area (TPSA) is 32.3 Å². The molecular weight excluding hydrogens is 313 g/mol. The number of nitrogens with one attached hydrogen (secondary N) is 1. The molecule has 0 unspecified atom stereocenters. The van der Waals surface area contributed by atoms with Crippen molar-refractivity contribution in [1.29, 1.82) is 0 Å². The normalized spacial score (nSPS) is 19.6. The van der Waals surface area contributed by atoms with Gasteiger partial charge in [-0.05, 0) is 78.1 Å². The van der Waals surface area contributed by atoms with Crippen LogP contribution < -0.4 is 5.32 Å². The van der Waals surface area contributed by atoms with Crippen molar-refractivity contribution in [3.8, 4) is 0 Å². The highest BCUT2D eigenvalue weighted by molar-refractivity contribution is 14.1. The van der Waals surface area contributed by atoms with Gasteiger partial charge in [-0.1, -0.05) is 12.1 Å². The minimum atomic E-state index is 0.109. The maximum Gasteiger partial charge on any atom is 0.0491 e. The molecule has 2 N–H and O–H groups in total. The average molecular weight is 331 g/mol. The zero-order chi connectivity index (χ0) is 11.4. The summed E-state index contributed by atoms with van der Waals surface area (Å²) < 4.78 is 1.27. The van der Waals surface area contributed by atoms with Gasteiger partial charge in [-0.2, -0.15) is 0 Å². The summed E-state index contributed by atoms with van der Waals surface area (Å²) in [7, 11) is 0. The predicted molar refractivity (Wildman–Crippen MR) is 74.5 cm³/mol. The third-order valence-electron chi connectivity index (χ3n) is 3.49. The highest BCUT2D eigenvalue weighted by atomic mass is 127. The third kappa shape index (κ3) is 2.96. The smallest absolute Gasteiger partial charge is 0.0491 e. The molecule has 3 heteroatoms. The summed E-state index contributed by atoms with van der Waals surface area (Å²) in [6.45, 7) is 2.37. The summed E-state index contributed by atoms with van der Waals surface area (Å²) in [5.41, 5.74) is 1.45. The number of piperidine rings is 1. The molecule has 0 saturated carbocycles. The van der Waals surface area contributed by atoms with Crippen LogP contribution in [0.3, 0.4) is 0 Å². The molecule has 88 valence electrons. The fourth-order valence-electron chi connectivity index (χ4n) is 2.38. The van der Waals surface area contributed by atoms with E-state index in [1.165, 1.54) is 9.13 Å². The van der Waals surface area contributed by atoms with Crippen LogP contribution in [0.25, 0.3) is 0 Å².